The number of rotatable bonds is 3. The number of nitrogens with zero attached hydrogens (tertiary/aromatic N) is 1. The predicted octanol–water partition coefficient (Wildman–Crippen LogP) is 1.90. The first-order valence-corrected chi connectivity index (χ1v) is 7.47. The van der Waals surface area contributed by atoms with Crippen molar-refractivity contribution < 1.29 is 9.90 Å². The van der Waals surface area contributed by atoms with E-state index in [1.807, 2.05) is 7.05 Å². The smallest absolute Gasteiger partial charge is 0.226 e. The van der Waals surface area contributed by atoms with E-state index in [4.69, 9.17) is 0 Å². The van der Waals surface area contributed by atoms with Gasteiger partial charge < -0.3 is 10.0 Å². The molecular formula is C15H25NO2. The quantitative estimate of drug-likeness (QED) is 0.832. The maximum absolute atomic E-state index is 12.6. The fourth-order valence-electron chi connectivity index (χ4n) is 5.07. The predicted molar refractivity (Wildman–Crippen MR) is 69.9 cm³/mol. The van der Waals surface area contributed by atoms with Gasteiger partial charge in [-0.05, 0) is 62.7 Å². The second-order valence-electron chi connectivity index (χ2n) is 7.02. The summed E-state index contributed by atoms with van der Waals surface area (Å²) in [5.74, 6) is 3.68. The highest BCUT2D eigenvalue weighted by atomic mass is 16.3. The first kappa shape index (κ1) is 12.5. The third-order valence-corrected chi connectivity index (χ3v) is 5.43. The minimum absolute atomic E-state index is 0.265. The second-order valence-corrected chi connectivity index (χ2v) is 7.02. The van der Waals surface area contributed by atoms with Gasteiger partial charge in [-0.1, -0.05) is 0 Å². The van der Waals surface area contributed by atoms with Crippen LogP contribution in [0.2, 0.25) is 0 Å². The highest BCUT2D eigenvalue weighted by molar-refractivity contribution is 5.79. The Morgan fingerprint density at radius 1 is 1.17 bits per heavy atom. The highest BCUT2D eigenvalue weighted by Crippen LogP contribution is 2.56. The fourth-order valence-corrected chi connectivity index (χ4v) is 5.07. The largest absolute Gasteiger partial charge is 0.392 e. The van der Waals surface area contributed by atoms with Crippen molar-refractivity contribution in [2.75, 3.05) is 13.6 Å². The van der Waals surface area contributed by atoms with E-state index in [1.54, 1.807) is 11.8 Å². The molecule has 3 nitrogen and oxygen atoms in total. The van der Waals surface area contributed by atoms with Gasteiger partial charge in [0.05, 0.1) is 6.10 Å². The van der Waals surface area contributed by atoms with E-state index in [-0.39, 0.29) is 5.92 Å². The molecule has 4 bridgehead atoms. The molecule has 4 saturated carbocycles. The van der Waals surface area contributed by atoms with Crippen LogP contribution in [0.15, 0.2) is 0 Å². The number of carbonyl (C=O) groups excluding carboxylic acids is 1. The average Bonchev–Trinajstić information content (AvgIpc) is 2.26. The molecule has 1 amide bonds. The summed E-state index contributed by atoms with van der Waals surface area (Å²) in [5, 5.41) is 9.43. The molecule has 0 aromatic rings. The van der Waals surface area contributed by atoms with Crippen molar-refractivity contribution in [2.24, 2.45) is 29.6 Å². The van der Waals surface area contributed by atoms with E-state index in [2.05, 4.69) is 0 Å². The lowest BCUT2D eigenvalue weighted by atomic mass is 9.51. The Labute approximate surface area is 110 Å². The van der Waals surface area contributed by atoms with Gasteiger partial charge in [0.25, 0.3) is 0 Å². The van der Waals surface area contributed by atoms with Crippen LogP contribution in [0, 0.1) is 29.6 Å². The lowest BCUT2D eigenvalue weighted by Crippen LogP contribution is -2.52. The van der Waals surface area contributed by atoms with Gasteiger partial charge in [-0.15, -0.1) is 0 Å². The number of hydrogen-bond donors (Lipinski definition) is 1. The van der Waals surface area contributed by atoms with Crippen LogP contribution in [-0.2, 0) is 4.79 Å². The molecule has 0 radical (unpaired) electrons. The summed E-state index contributed by atoms with van der Waals surface area (Å²) in [7, 11) is 1.85. The van der Waals surface area contributed by atoms with Gasteiger partial charge in [0, 0.05) is 19.5 Å². The summed E-state index contributed by atoms with van der Waals surface area (Å²) in [4.78, 5) is 14.3. The Hall–Kier alpha value is -0.570. The molecule has 0 heterocycles. The molecule has 0 aromatic carbocycles. The molecule has 4 aliphatic carbocycles. The van der Waals surface area contributed by atoms with E-state index < -0.39 is 6.10 Å². The van der Waals surface area contributed by atoms with E-state index >= 15 is 0 Å². The molecule has 18 heavy (non-hydrogen) atoms. The molecule has 3 heteroatoms. The maximum Gasteiger partial charge on any atom is 0.226 e. The number of likely N-dealkylation sites (N-methyl/N-ethyl adjacent to an activating group) is 1. The topological polar surface area (TPSA) is 40.5 Å². The number of amides is 1. The van der Waals surface area contributed by atoms with E-state index in [1.165, 1.54) is 32.1 Å². The van der Waals surface area contributed by atoms with Gasteiger partial charge in [-0.25, -0.2) is 0 Å². The highest BCUT2D eigenvalue weighted by Gasteiger charge is 2.51. The Kier molecular flexibility index (Phi) is 3.13. The van der Waals surface area contributed by atoms with Gasteiger partial charge in [-0.2, -0.15) is 0 Å². The molecule has 0 saturated heterocycles. The summed E-state index contributed by atoms with van der Waals surface area (Å²) in [6.45, 7) is 2.22. The minimum Gasteiger partial charge on any atom is -0.392 e. The zero-order valence-corrected chi connectivity index (χ0v) is 11.5. The van der Waals surface area contributed by atoms with Crippen molar-refractivity contribution in [3.05, 3.63) is 0 Å². The zero-order valence-electron chi connectivity index (χ0n) is 11.5. The Balaban J connectivity index is 1.70. The molecule has 4 aliphatic rings. The van der Waals surface area contributed by atoms with Gasteiger partial charge >= 0.3 is 0 Å². The number of carbonyl (C=O) groups is 1. The molecule has 4 fully saturated rings. The molecule has 102 valence electrons. The van der Waals surface area contributed by atoms with Gasteiger partial charge in [0.15, 0.2) is 0 Å². The normalized spacial score (nSPS) is 42.9. The van der Waals surface area contributed by atoms with Crippen LogP contribution in [0.5, 0.6) is 0 Å². The van der Waals surface area contributed by atoms with Crippen LogP contribution >= 0.6 is 0 Å². The number of aliphatic hydroxyl groups excluding tert-OH is 1. The summed E-state index contributed by atoms with van der Waals surface area (Å²) < 4.78 is 0. The number of hydrogen-bond acceptors (Lipinski definition) is 2. The average molecular weight is 251 g/mol. The van der Waals surface area contributed by atoms with Gasteiger partial charge in [0.1, 0.15) is 0 Å². The van der Waals surface area contributed by atoms with Crippen molar-refractivity contribution in [2.45, 2.75) is 45.1 Å². The molecule has 0 spiro atoms. The van der Waals surface area contributed by atoms with Gasteiger partial charge in [-0.3, -0.25) is 4.79 Å². The van der Waals surface area contributed by atoms with Crippen LogP contribution in [0.25, 0.3) is 0 Å². The summed E-state index contributed by atoms with van der Waals surface area (Å²) in [5.41, 5.74) is 0. The van der Waals surface area contributed by atoms with Crippen LogP contribution < -0.4 is 0 Å². The third-order valence-electron chi connectivity index (χ3n) is 5.43. The van der Waals surface area contributed by atoms with Crippen molar-refractivity contribution in [1.29, 1.82) is 0 Å². The van der Waals surface area contributed by atoms with Crippen LogP contribution in [0.3, 0.4) is 0 Å². The van der Waals surface area contributed by atoms with E-state index in [0.717, 1.165) is 11.8 Å². The molecule has 4 rings (SSSR count). The van der Waals surface area contributed by atoms with Crippen molar-refractivity contribution in [3.63, 3.8) is 0 Å². The Morgan fingerprint density at radius 3 is 2.11 bits per heavy atom. The first-order valence-electron chi connectivity index (χ1n) is 7.47. The lowest BCUT2D eigenvalue weighted by molar-refractivity contribution is -0.148. The molecule has 1 N–H and O–H groups in total. The van der Waals surface area contributed by atoms with Gasteiger partial charge in [0.2, 0.25) is 5.91 Å². The SMILES string of the molecule is CC(O)CN(C)C(=O)C1C2CC3CC(C2)CC1C3. The molecule has 1 unspecified atom stereocenters. The third kappa shape index (κ3) is 2.07. The standard InChI is InChI=1S/C15H25NO2/c1-9(17)8-16(2)15(18)14-12-4-10-3-11(6-12)7-13(14)5-10/h9-14,17H,3-8H2,1-2H3. The zero-order chi connectivity index (χ0) is 12.9. The summed E-state index contributed by atoms with van der Waals surface area (Å²) in [6.07, 6.45) is 6.14. The van der Waals surface area contributed by atoms with Crippen LogP contribution in [0.1, 0.15) is 39.0 Å². The van der Waals surface area contributed by atoms with E-state index in [0.29, 0.717) is 24.3 Å². The maximum atomic E-state index is 12.6. The van der Waals surface area contributed by atoms with Crippen molar-refractivity contribution in [3.8, 4) is 0 Å². The Morgan fingerprint density at radius 2 is 1.67 bits per heavy atom. The number of aliphatic hydroxyl groups is 1. The van der Waals surface area contributed by atoms with Crippen LogP contribution in [-0.4, -0.2) is 35.6 Å². The second kappa shape index (κ2) is 4.52. The van der Waals surface area contributed by atoms with Crippen molar-refractivity contribution >= 4 is 5.91 Å². The molecular weight excluding hydrogens is 226 g/mol. The fraction of sp³-hybridized carbons (Fsp3) is 0.933. The summed E-state index contributed by atoms with van der Waals surface area (Å²) >= 11 is 0. The monoisotopic (exact) mass is 251 g/mol. The first-order chi connectivity index (χ1) is 8.54. The lowest BCUT2D eigenvalue weighted by Gasteiger charge is -2.54. The molecule has 0 aliphatic heterocycles. The Bertz CT molecular complexity index is 311. The van der Waals surface area contributed by atoms with Crippen molar-refractivity contribution in [1.82, 2.24) is 4.90 Å². The molecule has 1 atom stereocenters. The van der Waals surface area contributed by atoms with E-state index in [9.17, 15) is 9.90 Å². The summed E-state index contributed by atoms with van der Waals surface area (Å²) in [6, 6.07) is 0. The van der Waals surface area contributed by atoms with Crippen LogP contribution in [0.4, 0.5) is 0 Å². The minimum atomic E-state index is -0.421. The molecule has 0 aromatic heterocycles.